The van der Waals surface area contributed by atoms with E-state index in [1.54, 1.807) is 0 Å². The van der Waals surface area contributed by atoms with E-state index in [-0.39, 0.29) is 6.10 Å². The summed E-state index contributed by atoms with van der Waals surface area (Å²) in [4.78, 5) is 4.14. The summed E-state index contributed by atoms with van der Waals surface area (Å²) in [5.74, 6) is 0. The van der Waals surface area contributed by atoms with E-state index in [1.165, 1.54) is 5.39 Å². The number of nitrogens with one attached hydrogen (secondary N) is 1. The summed E-state index contributed by atoms with van der Waals surface area (Å²) in [5, 5.41) is 5.84. The third kappa shape index (κ3) is 2.30. The molecule has 0 aliphatic carbocycles. The first kappa shape index (κ1) is 11.1. The van der Waals surface area contributed by atoms with E-state index >= 15 is 0 Å². The van der Waals surface area contributed by atoms with Gasteiger partial charge in [0.25, 0.3) is 0 Å². The molecule has 2 heterocycles. The Labute approximate surface area is 106 Å². The molecule has 0 fully saturated rings. The summed E-state index contributed by atoms with van der Waals surface area (Å²) >= 11 is 0. The Morgan fingerprint density at radius 2 is 2.33 bits per heavy atom. The normalized spacial score (nSPS) is 18.6. The lowest BCUT2D eigenvalue weighted by Crippen LogP contribution is -2.23. The maximum absolute atomic E-state index is 5.56. The van der Waals surface area contributed by atoms with Crippen LogP contribution in [-0.2, 0) is 4.74 Å². The number of ether oxygens (including phenoxy) is 1. The lowest BCUT2D eigenvalue weighted by atomic mass is 10.1. The molecule has 1 aliphatic heterocycles. The fourth-order valence-electron chi connectivity index (χ4n) is 2.24. The quantitative estimate of drug-likeness (QED) is 0.893. The van der Waals surface area contributed by atoms with Crippen LogP contribution in [0.1, 0.15) is 12.8 Å². The first-order chi connectivity index (χ1) is 8.93. The van der Waals surface area contributed by atoms with Crippen LogP contribution in [0, 0.1) is 0 Å². The Morgan fingerprint density at radius 1 is 1.33 bits per heavy atom. The highest BCUT2D eigenvalue weighted by Gasteiger charge is 2.10. The van der Waals surface area contributed by atoms with Gasteiger partial charge in [-0.3, -0.25) is 4.98 Å². The highest BCUT2D eigenvalue weighted by molar-refractivity contribution is 5.93. The van der Waals surface area contributed by atoms with Gasteiger partial charge in [-0.15, -0.1) is 0 Å². The topological polar surface area (TPSA) is 34.1 Å². The van der Waals surface area contributed by atoms with Crippen LogP contribution >= 0.6 is 0 Å². The Kier molecular flexibility index (Phi) is 3.13. The van der Waals surface area contributed by atoms with Crippen molar-refractivity contribution >= 4 is 16.5 Å². The SMILES string of the molecule is C1=COC(CNc2cccc3cnccc23)CC1. The molecule has 0 bridgehead atoms. The van der Waals surface area contributed by atoms with Crippen LogP contribution in [-0.4, -0.2) is 17.6 Å². The van der Waals surface area contributed by atoms with Crippen molar-refractivity contribution in [3.8, 4) is 0 Å². The van der Waals surface area contributed by atoms with E-state index in [1.807, 2.05) is 30.8 Å². The van der Waals surface area contributed by atoms with E-state index in [0.29, 0.717) is 0 Å². The Bertz CT molecular complexity index is 560. The molecule has 92 valence electrons. The maximum Gasteiger partial charge on any atom is 0.115 e. The first-order valence-electron chi connectivity index (χ1n) is 6.30. The number of hydrogen-bond acceptors (Lipinski definition) is 3. The third-order valence-corrected chi connectivity index (χ3v) is 3.22. The van der Waals surface area contributed by atoms with Crippen molar-refractivity contribution in [2.24, 2.45) is 0 Å². The highest BCUT2D eigenvalue weighted by atomic mass is 16.5. The molecular weight excluding hydrogens is 224 g/mol. The van der Waals surface area contributed by atoms with E-state index in [2.05, 4.69) is 28.5 Å². The number of hydrogen-bond donors (Lipinski definition) is 1. The van der Waals surface area contributed by atoms with Crippen LogP contribution in [0.2, 0.25) is 0 Å². The standard InChI is InChI=1S/C15H16N2O/c1-2-9-18-13(5-1)11-17-15-6-3-4-12-10-16-8-7-14(12)15/h2-4,6-10,13,17H,1,5,11H2. The maximum atomic E-state index is 5.56. The number of fused-ring (bicyclic) bond motifs is 1. The number of benzene rings is 1. The lowest BCUT2D eigenvalue weighted by Gasteiger charge is -2.20. The van der Waals surface area contributed by atoms with Crippen molar-refractivity contribution in [3.05, 3.63) is 49.0 Å². The highest BCUT2D eigenvalue weighted by Crippen LogP contribution is 2.22. The number of pyridine rings is 1. The van der Waals surface area contributed by atoms with Crippen LogP contribution in [0.3, 0.4) is 0 Å². The van der Waals surface area contributed by atoms with Gasteiger partial charge < -0.3 is 10.1 Å². The van der Waals surface area contributed by atoms with Gasteiger partial charge in [0.15, 0.2) is 0 Å². The number of anilines is 1. The fraction of sp³-hybridized carbons (Fsp3) is 0.267. The minimum atomic E-state index is 0.270. The zero-order valence-electron chi connectivity index (χ0n) is 10.2. The molecule has 0 spiro atoms. The second kappa shape index (κ2) is 5.08. The van der Waals surface area contributed by atoms with E-state index in [4.69, 9.17) is 4.74 Å². The second-order valence-corrected chi connectivity index (χ2v) is 4.49. The molecule has 3 heteroatoms. The van der Waals surface area contributed by atoms with E-state index in [9.17, 15) is 0 Å². The summed E-state index contributed by atoms with van der Waals surface area (Å²) in [6.45, 7) is 0.839. The molecule has 2 aromatic rings. The van der Waals surface area contributed by atoms with Crippen LogP contribution < -0.4 is 5.32 Å². The predicted octanol–water partition coefficient (Wildman–Crippen LogP) is 3.34. The molecule has 1 unspecified atom stereocenters. The monoisotopic (exact) mass is 240 g/mol. The van der Waals surface area contributed by atoms with Gasteiger partial charge in [-0.25, -0.2) is 0 Å². The Morgan fingerprint density at radius 3 is 3.22 bits per heavy atom. The summed E-state index contributed by atoms with van der Waals surface area (Å²) in [5.41, 5.74) is 1.15. The first-order valence-corrected chi connectivity index (χ1v) is 6.30. The van der Waals surface area contributed by atoms with Gasteiger partial charge in [0, 0.05) is 28.9 Å². The van der Waals surface area contributed by atoms with Gasteiger partial charge >= 0.3 is 0 Å². The van der Waals surface area contributed by atoms with Crippen LogP contribution in [0.4, 0.5) is 5.69 Å². The van der Waals surface area contributed by atoms with Crippen LogP contribution in [0.5, 0.6) is 0 Å². The third-order valence-electron chi connectivity index (χ3n) is 3.22. The summed E-state index contributed by atoms with van der Waals surface area (Å²) < 4.78 is 5.56. The van der Waals surface area contributed by atoms with Gasteiger partial charge in [-0.2, -0.15) is 0 Å². The average Bonchev–Trinajstić information content (AvgIpc) is 2.46. The Hall–Kier alpha value is -2.03. The van der Waals surface area contributed by atoms with Crippen molar-refractivity contribution in [1.82, 2.24) is 4.98 Å². The molecule has 1 aliphatic rings. The molecule has 0 saturated carbocycles. The van der Waals surface area contributed by atoms with Crippen molar-refractivity contribution in [1.29, 1.82) is 0 Å². The molecule has 3 rings (SSSR count). The predicted molar refractivity (Wildman–Crippen MR) is 73.5 cm³/mol. The molecule has 1 aromatic carbocycles. The molecular formula is C15H16N2O. The van der Waals surface area contributed by atoms with Crippen molar-refractivity contribution in [2.75, 3.05) is 11.9 Å². The van der Waals surface area contributed by atoms with Gasteiger partial charge in [-0.05, 0) is 31.1 Å². The van der Waals surface area contributed by atoms with Gasteiger partial charge in [0.05, 0.1) is 12.8 Å². The van der Waals surface area contributed by atoms with E-state index < -0.39 is 0 Å². The number of aromatic nitrogens is 1. The summed E-state index contributed by atoms with van der Waals surface area (Å²) in [7, 11) is 0. The van der Waals surface area contributed by atoms with Crippen LogP contribution in [0.25, 0.3) is 10.8 Å². The Balaban J connectivity index is 1.76. The largest absolute Gasteiger partial charge is 0.497 e. The number of allylic oxidation sites excluding steroid dienone is 1. The van der Waals surface area contributed by atoms with Gasteiger partial charge in [-0.1, -0.05) is 12.1 Å². The minimum absolute atomic E-state index is 0.270. The summed E-state index contributed by atoms with van der Waals surface area (Å²) in [6, 6.07) is 8.27. The number of nitrogens with zero attached hydrogens (tertiary/aromatic N) is 1. The number of rotatable bonds is 3. The van der Waals surface area contributed by atoms with Crippen molar-refractivity contribution in [2.45, 2.75) is 18.9 Å². The molecule has 0 saturated heterocycles. The molecule has 3 nitrogen and oxygen atoms in total. The average molecular weight is 240 g/mol. The van der Waals surface area contributed by atoms with E-state index in [0.717, 1.165) is 30.5 Å². The lowest BCUT2D eigenvalue weighted by molar-refractivity contribution is 0.135. The van der Waals surface area contributed by atoms with Gasteiger partial charge in [0.1, 0.15) is 6.10 Å². The second-order valence-electron chi connectivity index (χ2n) is 4.49. The zero-order chi connectivity index (χ0) is 12.2. The molecule has 0 radical (unpaired) electrons. The molecule has 1 aromatic heterocycles. The zero-order valence-corrected chi connectivity index (χ0v) is 10.2. The minimum Gasteiger partial charge on any atom is -0.497 e. The van der Waals surface area contributed by atoms with Crippen molar-refractivity contribution < 1.29 is 4.74 Å². The van der Waals surface area contributed by atoms with Crippen LogP contribution in [0.15, 0.2) is 49.0 Å². The van der Waals surface area contributed by atoms with Crippen molar-refractivity contribution in [3.63, 3.8) is 0 Å². The fourth-order valence-corrected chi connectivity index (χ4v) is 2.24. The van der Waals surface area contributed by atoms with Gasteiger partial charge in [0.2, 0.25) is 0 Å². The molecule has 1 N–H and O–H groups in total. The molecule has 18 heavy (non-hydrogen) atoms. The summed E-state index contributed by atoms with van der Waals surface area (Å²) in [6.07, 6.45) is 10.0. The smallest absolute Gasteiger partial charge is 0.115 e. The molecule has 0 amide bonds. The molecule has 1 atom stereocenters.